The van der Waals surface area contributed by atoms with E-state index in [1.807, 2.05) is 18.2 Å². The summed E-state index contributed by atoms with van der Waals surface area (Å²) in [5, 5.41) is 3.63. The summed E-state index contributed by atoms with van der Waals surface area (Å²) >= 11 is 0. The molecule has 1 fully saturated rings. The number of rotatable bonds is 9. The van der Waals surface area contributed by atoms with Gasteiger partial charge >= 0.3 is 12.2 Å². The monoisotopic (exact) mass is 561 g/mol. The van der Waals surface area contributed by atoms with Crippen LogP contribution in [0.4, 0.5) is 9.59 Å². The van der Waals surface area contributed by atoms with Crippen molar-refractivity contribution >= 4 is 45.3 Å². The van der Waals surface area contributed by atoms with Crippen molar-refractivity contribution in [1.29, 1.82) is 0 Å². The molecule has 2 amide bonds. The van der Waals surface area contributed by atoms with Crippen LogP contribution in [0.3, 0.4) is 0 Å². The summed E-state index contributed by atoms with van der Waals surface area (Å²) in [5.41, 5.74) is 9.58. The molecule has 5 N–H and O–H groups in total. The predicted octanol–water partition coefficient (Wildman–Crippen LogP) is 1.84. The maximum absolute atomic E-state index is 13.3. The van der Waals surface area contributed by atoms with Gasteiger partial charge in [-0.3, -0.25) is 9.59 Å². The molecule has 2 aliphatic heterocycles. The van der Waals surface area contributed by atoms with Crippen LogP contribution in [-0.4, -0.2) is 71.4 Å². The standard InChI is InChI=1S/C24H27N5O7S2/c1-12-18(25)21(31)16-17(13(2)36-22(26)32)24(34-3)14(7-9-29(24)19(16)20(12)30)28-23(33)35-10-11-37-38-15-6-4-5-8-27-15/h4-6,8,14,17H,2,7,9-11,25H2,1,3H3,(H2,26,32)(H,28,33)/t14?,17-,24+/m1/s1. The van der Waals surface area contributed by atoms with Crippen LogP contribution in [0, 0.1) is 5.92 Å². The summed E-state index contributed by atoms with van der Waals surface area (Å²) in [6.45, 7) is 5.63. The summed E-state index contributed by atoms with van der Waals surface area (Å²) in [4.78, 5) is 56.7. The second-order valence-corrected chi connectivity index (χ2v) is 11.0. The Hall–Kier alpha value is -3.49. The van der Waals surface area contributed by atoms with Gasteiger partial charge < -0.3 is 35.9 Å². The number of nitrogens with zero attached hydrogens (tertiary/aromatic N) is 2. The summed E-state index contributed by atoms with van der Waals surface area (Å²) in [5.74, 6) is -1.93. The van der Waals surface area contributed by atoms with E-state index in [-0.39, 0.29) is 41.5 Å². The minimum Gasteiger partial charge on any atom is -0.449 e. The van der Waals surface area contributed by atoms with Gasteiger partial charge in [0.25, 0.3) is 0 Å². The van der Waals surface area contributed by atoms with E-state index >= 15 is 0 Å². The quantitative estimate of drug-likeness (QED) is 0.173. The number of aromatic nitrogens is 1. The Morgan fingerprint density at radius 3 is 2.74 bits per heavy atom. The van der Waals surface area contributed by atoms with E-state index in [0.29, 0.717) is 12.2 Å². The van der Waals surface area contributed by atoms with Crippen LogP contribution >= 0.6 is 21.6 Å². The van der Waals surface area contributed by atoms with Crippen LogP contribution in [0.5, 0.6) is 0 Å². The van der Waals surface area contributed by atoms with Gasteiger partial charge in [0.05, 0.1) is 23.4 Å². The number of hydrogen-bond acceptors (Lipinski definition) is 12. The molecule has 38 heavy (non-hydrogen) atoms. The molecule has 14 heteroatoms. The number of fused-ring (bicyclic) bond motifs is 2. The summed E-state index contributed by atoms with van der Waals surface area (Å²) < 4.78 is 16.4. The molecule has 1 unspecified atom stereocenters. The number of pyridine rings is 1. The molecule has 1 aromatic heterocycles. The predicted molar refractivity (Wildman–Crippen MR) is 139 cm³/mol. The number of primary amides is 1. The maximum Gasteiger partial charge on any atom is 0.409 e. The van der Waals surface area contributed by atoms with E-state index < -0.39 is 41.4 Å². The molecule has 0 radical (unpaired) electrons. The molecule has 12 nitrogen and oxygen atoms in total. The molecule has 3 atom stereocenters. The van der Waals surface area contributed by atoms with Crippen LogP contribution in [0.15, 0.2) is 64.3 Å². The highest BCUT2D eigenvalue weighted by Crippen LogP contribution is 2.54. The first-order valence-corrected chi connectivity index (χ1v) is 13.9. The Kier molecular flexibility index (Phi) is 8.04. The number of allylic oxidation sites excluding steroid dienone is 2. The van der Waals surface area contributed by atoms with E-state index in [9.17, 15) is 19.2 Å². The van der Waals surface area contributed by atoms with Gasteiger partial charge in [0.1, 0.15) is 17.4 Å². The molecule has 0 saturated carbocycles. The number of methoxy groups -OCH3 is 1. The van der Waals surface area contributed by atoms with Crippen LogP contribution in [-0.2, 0) is 23.8 Å². The van der Waals surface area contributed by atoms with Gasteiger partial charge in [0, 0.05) is 36.8 Å². The van der Waals surface area contributed by atoms with Crippen molar-refractivity contribution in [2.75, 3.05) is 26.0 Å². The molecule has 0 spiro atoms. The number of alkyl carbamates (subject to hydrolysis) is 1. The molecule has 3 aliphatic rings. The maximum atomic E-state index is 13.3. The van der Waals surface area contributed by atoms with Crippen molar-refractivity contribution in [3.63, 3.8) is 0 Å². The Morgan fingerprint density at radius 1 is 1.32 bits per heavy atom. The van der Waals surface area contributed by atoms with Crippen LogP contribution in [0.2, 0.25) is 0 Å². The average Bonchev–Trinajstić information content (AvgIpc) is 3.39. The minimum absolute atomic E-state index is 0.0194. The van der Waals surface area contributed by atoms with Gasteiger partial charge in [0.15, 0.2) is 5.72 Å². The zero-order valence-electron chi connectivity index (χ0n) is 20.7. The number of nitrogens with one attached hydrogen (secondary N) is 1. The number of amides is 2. The highest BCUT2D eigenvalue weighted by molar-refractivity contribution is 8.76. The third-order valence-electron chi connectivity index (χ3n) is 6.59. The van der Waals surface area contributed by atoms with E-state index in [1.165, 1.54) is 35.6 Å². The van der Waals surface area contributed by atoms with Crippen molar-refractivity contribution in [3.05, 3.63) is 59.3 Å². The van der Waals surface area contributed by atoms with Gasteiger partial charge in [-0.1, -0.05) is 23.4 Å². The van der Waals surface area contributed by atoms with Crippen molar-refractivity contribution in [1.82, 2.24) is 15.2 Å². The molecule has 202 valence electrons. The second-order valence-electron chi connectivity index (χ2n) is 8.58. The fourth-order valence-electron chi connectivity index (χ4n) is 5.04. The topological polar surface area (TPSA) is 176 Å². The van der Waals surface area contributed by atoms with Gasteiger partial charge in [-0.2, -0.15) is 0 Å². The molecule has 0 aromatic carbocycles. The Balaban J connectivity index is 1.51. The number of ether oxygens (including phenoxy) is 3. The number of hydrogen-bond donors (Lipinski definition) is 3. The molecular weight excluding hydrogens is 534 g/mol. The lowest BCUT2D eigenvalue weighted by molar-refractivity contribution is -0.134. The zero-order valence-corrected chi connectivity index (χ0v) is 22.4. The number of nitrogens with two attached hydrogens (primary N) is 2. The molecule has 3 heterocycles. The number of Topliss-reactive ketones (excluding diaryl/α,β-unsaturated/α-hetero) is 2. The number of carbonyl (C=O) groups excluding carboxylic acids is 4. The highest BCUT2D eigenvalue weighted by atomic mass is 33.1. The Labute approximate surface area is 226 Å². The van der Waals surface area contributed by atoms with Gasteiger partial charge in [-0.25, -0.2) is 14.6 Å². The summed E-state index contributed by atoms with van der Waals surface area (Å²) in [6, 6.07) is 4.81. The fraction of sp³-hybridized carbons (Fsp3) is 0.375. The van der Waals surface area contributed by atoms with E-state index in [0.717, 1.165) is 5.03 Å². The van der Waals surface area contributed by atoms with E-state index in [2.05, 4.69) is 16.9 Å². The third kappa shape index (κ3) is 4.74. The lowest BCUT2D eigenvalue weighted by Crippen LogP contribution is -2.60. The SMILES string of the molecule is C=C(OC(N)=O)[C@@H]1C2=C(C(=O)C(C)=C(N)C2=O)N2CCC(NC(=O)OCCSSc3ccccn3)[C@]12OC. The summed E-state index contributed by atoms with van der Waals surface area (Å²) in [6.07, 6.45) is 0.166. The van der Waals surface area contributed by atoms with Crippen molar-refractivity contribution in [2.24, 2.45) is 17.4 Å². The molecule has 1 aromatic rings. The lowest BCUT2D eigenvalue weighted by Gasteiger charge is -2.42. The van der Waals surface area contributed by atoms with Crippen LogP contribution in [0.25, 0.3) is 0 Å². The minimum atomic E-state index is -1.52. The van der Waals surface area contributed by atoms with E-state index in [4.69, 9.17) is 25.7 Å². The molecular formula is C24H27N5O7S2. The number of ketones is 2. The largest absolute Gasteiger partial charge is 0.449 e. The fourth-order valence-corrected chi connectivity index (χ4v) is 6.74. The summed E-state index contributed by atoms with van der Waals surface area (Å²) in [7, 11) is 4.31. The smallest absolute Gasteiger partial charge is 0.409 e. The van der Waals surface area contributed by atoms with Crippen LogP contribution < -0.4 is 16.8 Å². The van der Waals surface area contributed by atoms with Crippen LogP contribution in [0.1, 0.15) is 13.3 Å². The first-order chi connectivity index (χ1) is 18.1. The highest BCUT2D eigenvalue weighted by Gasteiger charge is 2.66. The Morgan fingerprint density at radius 2 is 2.08 bits per heavy atom. The van der Waals surface area contributed by atoms with E-state index in [1.54, 1.807) is 11.1 Å². The van der Waals surface area contributed by atoms with Crippen molar-refractivity contribution in [2.45, 2.75) is 30.1 Å². The molecule has 1 saturated heterocycles. The second kappa shape index (κ2) is 11.1. The first-order valence-electron chi connectivity index (χ1n) is 11.6. The zero-order chi connectivity index (χ0) is 27.6. The van der Waals surface area contributed by atoms with Gasteiger partial charge in [-0.15, -0.1) is 0 Å². The van der Waals surface area contributed by atoms with Crippen molar-refractivity contribution < 1.29 is 33.4 Å². The Bertz CT molecular complexity index is 1250. The first kappa shape index (κ1) is 27.5. The molecule has 4 rings (SSSR count). The van der Waals surface area contributed by atoms with Gasteiger partial charge in [-0.05, 0) is 36.3 Å². The normalized spacial score (nSPS) is 24.3. The third-order valence-corrected chi connectivity index (χ3v) is 8.82. The van der Waals surface area contributed by atoms with Gasteiger partial charge in [0.2, 0.25) is 11.6 Å². The lowest BCUT2D eigenvalue weighted by atomic mass is 9.80. The average molecular weight is 562 g/mol. The van der Waals surface area contributed by atoms with Crippen molar-refractivity contribution in [3.8, 4) is 0 Å². The molecule has 1 aliphatic carbocycles. The molecule has 0 bridgehead atoms. The number of carbonyl (C=O) groups is 4.